The number of nitrogens with one attached hydrogen (secondary N) is 2. The Morgan fingerprint density at radius 1 is 1.50 bits per heavy atom. The number of carbonyl (C=O) groups excluding carboxylic acids is 1. The van der Waals surface area contributed by atoms with Crippen LogP contribution < -0.4 is 10.6 Å². The lowest BCUT2D eigenvalue weighted by atomic mass is 10.1. The maximum Gasteiger partial charge on any atom is 0.225 e. The Labute approximate surface area is 124 Å². The fourth-order valence-corrected chi connectivity index (χ4v) is 3.22. The highest BCUT2D eigenvalue weighted by molar-refractivity contribution is 7.99. The van der Waals surface area contributed by atoms with Crippen molar-refractivity contribution in [3.63, 3.8) is 0 Å². The molecule has 4 nitrogen and oxygen atoms in total. The molecule has 1 aromatic rings. The second-order valence-corrected chi connectivity index (χ2v) is 6.16. The summed E-state index contributed by atoms with van der Waals surface area (Å²) in [4.78, 5) is 12.0. The largest absolute Gasteiger partial charge is 0.396 e. The third-order valence-electron chi connectivity index (χ3n) is 3.26. The summed E-state index contributed by atoms with van der Waals surface area (Å²) in [7, 11) is 0. The fraction of sp³-hybridized carbons (Fsp3) is 0.533. The predicted octanol–water partition coefficient (Wildman–Crippen LogP) is 1.65. The van der Waals surface area contributed by atoms with Crippen LogP contribution in [0.5, 0.6) is 0 Å². The molecular weight excluding hydrogens is 272 g/mol. The van der Waals surface area contributed by atoms with Gasteiger partial charge in [-0.3, -0.25) is 4.79 Å². The molecule has 2 rings (SSSR count). The van der Waals surface area contributed by atoms with Gasteiger partial charge < -0.3 is 15.7 Å². The maximum atomic E-state index is 12.0. The molecule has 0 bridgehead atoms. The summed E-state index contributed by atoms with van der Waals surface area (Å²) in [5.74, 6) is 2.19. The molecule has 1 amide bonds. The van der Waals surface area contributed by atoms with Crippen LogP contribution in [0, 0.1) is 0 Å². The fourth-order valence-electron chi connectivity index (χ4n) is 2.27. The summed E-state index contributed by atoms with van der Waals surface area (Å²) in [6.07, 6.45) is 2.11. The van der Waals surface area contributed by atoms with Crippen molar-refractivity contribution in [1.82, 2.24) is 5.32 Å². The molecule has 0 radical (unpaired) electrons. The number of aliphatic hydroxyl groups excluding tert-OH is 1. The molecule has 1 aliphatic heterocycles. The van der Waals surface area contributed by atoms with E-state index in [-0.39, 0.29) is 18.6 Å². The van der Waals surface area contributed by atoms with Gasteiger partial charge in [0.1, 0.15) is 0 Å². The van der Waals surface area contributed by atoms with Crippen LogP contribution in [0.25, 0.3) is 0 Å². The summed E-state index contributed by atoms with van der Waals surface area (Å²) >= 11 is 1.90. The van der Waals surface area contributed by atoms with Gasteiger partial charge in [0.25, 0.3) is 0 Å². The molecule has 110 valence electrons. The van der Waals surface area contributed by atoms with Gasteiger partial charge in [-0.25, -0.2) is 0 Å². The van der Waals surface area contributed by atoms with E-state index in [1.54, 1.807) is 0 Å². The molecule has 5 heteroatoms. The average molecular weight is 294 g/mol. The van der Waals surface area contributed by atoms with Crippen molar-refractivity contribution in [2.75, 3.05) is 30.0 Å². The maximum absolute atomic E-state index is 12.0. The quantitative estimate of drug-likeness (QED) is 0.746. The van der Waals surface area contributed by atoms with Crippen molar-refractivity contribution in [1.29, 1.82) is 0 Å². The van der Waals surface area contributed by atoms with Gasteiger partial charge in [0, 0.05) is 42.8 Å². The third-order valence-corrected chi connectivity index (χ3v) is 4.40. The molecule has 20 heavy (non-hydrogen) atoms. The van der Waals surface area contributed by atoms with Gasteiger partial charge in [0.15, 0.2) is 0 Å². The number of carbonyl (C=O) groups is 1. The molecule has 1 fully saturated rings. The van der Waals surface area contributed by atoms with Gasteiger partial charge in [-0.1, -0.05) is 12.1 Å². The van der Waals surface area contributed by atoms with E-state index >= 15 is 0 Å². The average Bonchev–Trinajstić information content (AvgIpc) is 2.46. The molecule has 0 saturated carbocycles. The first-order valence-corrected chi connectivity index (χ1v) is 8.24. The zero-order valence-electron chi connectivity index (χ0n) is 11.6. The lowest BCUT2D eigenvalue weighted by Gasteiger charge is -2.22. The van der Waals surface area contributed by atoms with Crippen LogP contribution in [-0.2, 0) is 11.2 Å². The molecule has 3 N–H and O–H groups in total. The van der Waals surface area contributed by atoms with E-state index in [4.69, 9.17) is 5.11 Å². The molecular formula is C15H22N2O2S. The van der Waals surface area contributed by atoms with E-state index in [9.17, 15) is 4.79 Å². The second kappa shape index (κ2) is 8.29. The monoisotopic (exact) mass is 294 g/mol. The van der Waals surface area contributed by atoms with Crippen LogP contribution in [-0.4, -0.2) is 41.7 Å². The minimum atomic E-state index is 0.0595. The van der Waals surface area contributed by atoms with Gasteiger partial charge in [-0.05, 0) is 30.5 Å². The van der Waals surface area contributed by atoms with Crippen molar-refractivity contribution < 1.29 is 9.90 Å². The van der Waals surface area contributed by atoms with Crippen molar-refractivity contribution in [2.45, 2.75) is 25.3 Å². The van der Waals surface area contributed by atoms with E-state index in [2.05, 4.69) is 10.6 Å². The van der Waals surface area contributed by atoms with Crippen LogP contribution in [0.4, 0.5) is 5.69 Å². The van der Waals surface area contributed by atoms with Crippen molar-refractivity contribution in [3.05, 3.63) is 29.8 Å². The van der Waals surface area contributed by atoms with Crippen LogP contribution in [0.15, 0.2) is 24.3 Å². The topological polar surface area (TPSA) is 61.4 Å². The standard InChI is InChI=1S/C15H22N2O2S/c18-7-2-4-12-3-1-5-13(9-12)17-15(19)10-14-11-20-8-6-16-14/h1,3,5,9,14,16,18H,2,4,6-8,10-11H2,(H,17,19). The van der Waals surface area contributed by atoms with Crippen LogP contribution in [0.3, 0.4) is 0 Å². The highest BCUT2D eigenvalue weighted by Crippen LogP contribution is 2.14. The zero-order chi connectivity index (χ0) is 14.2. The summed E-state index contributed by atoms with van der Waals surface area (Å²) in [5.41, 5.74) is 1.98. The number of rotatable bonds is 6. The molecule has 1 atom stereocenters. The predicted molar refractivity (Wildman–Crippen MR) is 84.2 cm³/mol. The number of hydrogen-bond donors (Lipinski definition) is 3. The van der Waals surface area contributed by atoms with Crippen molar-refractivity contribution in [3.8, 4) is 0 Å². The molecule has 0 spiro atoms. The number of amides is 1. The molecule has 0 aliphatic carbocycles. The van der Waals surface area contributed by atoms with Crippen LogP contribution in [0.1, 0.15) is 18.4 Å². The van der Waals surface area contributed by atoms with Crippen LogP contribution in [0.2, 0.25) is 0 Å². The van der Waals surface area contributed by atoms with Gasteiger partial charge in [-0.2, -0.15) is 11.8 Å². The minimum absolute atomic E-state index is 0.0595. The molecule has 0 aromatic heterocycles. The molecule has 1 unspecified atom stereocenters. The highest BCUT2D eigenvalue weighted by atomic mass is 32.2. The number of benzene rings is 1. The molecule has 1 aromatic carbocycles. The Morgan fingerprint density at radius 2 is 2.40 bits per heavy atom. The second-order valence-electron chi connectivity index (χ2n) is 5.01. The first-order valence-electron chi connectivity index (χ1n) is 7.08. The smallest absolute Gasteiger partial charge is 0.225 e. The summed E-state index contributed by atoms with van der Waals surface area (Å²) in [5, 5.41) is 15.2. The number of aryl methyl sites for hydroxylation is 1. The SMILES string of the molecule is O=C(CC1CSCCN1)Nc1cccc(CCCO)c1. The van der Waals surface area contributed by atoms with E-state index in [0.29, 0.717) is 6.42 Å². The summed E-state index contributed by atoms with van der Waals surface area (Å²) in [6.45, 7) is 1.18. The van der Waals surface area contributed by atoms with Gasteiger partial charge in [-0.15, -0.1) is 0 Å². The van der Waals surface area contributed by atoms with Crippen molar-refractivity contribution in [2.24, 2.45) is 0 Å². The number of hydrogen-bond acceptors (Lipinski definition) is 4. The number of anilines is 1. The number of thioether (sulfide) groups is 1. The normalized spacial score (nSPS) is 18.8. The Bertz CT molecular complexity index is 434. The third kappa shape index (κ3) is 5.15. The van der Waals surface area contributed by atoms with Crippen LogP contribution >= 0.6 is 11.8 Å². The first-order chi connectivity index (χ1) is 9.78. The Balaban J connectivity index is 1.83. The molecule has 1 aliphatic rings. The lowest BCUT2D eigenvalue weighted by Crippen LogP contribution is -2.39. The first kappa shape index (κ1) is 15.4. The summed E-state index contributed by atoms with van der Waals surface area (Å²) < 4.78 is 0. The van der Waals surface area contributed by atoms with E-state index in [0.717, 1.165) is 42.1 Å². The van der Waals surface area contributed by atoms with Gasteiger partial charge in [0.05, 0.1) is 0 Å². The van der Waals surface area contributed by atoms with Gasteiger partial charge in [0.2, 0.25) is 5.91 Å². The van der Waals surface area contributed by atoms with E-state index in [1.165, 1.54) is 0 Å². The molecule has 1 heterocycles. The Hall–Kier alpha value is -1.04. The molecule has 1 saturated heterocycles. The highest BCUT2D eigenvalue weighted by Gasteiger charge is 2.16. The Morgan fingerprint density at radius 3 is 3.15 bits per heavy atom. The summed E-state index contributed by atoms with van der Waals surface area (Å²) in [6, 6.07) is 8.13. The lowest BCUT2D eigenvalue weighted by molar-refractivity contribution is -0.116. The van der Waals surface area contributed by atoms with Gasteiger partial charge >= 0.3 is 0 Å². The van der Waals surface area contributed by atoms with E-state index in [1.807, 2.05) is 36.0 Å². The Kier molecular flexibility index (Phi) is 6.36. The number of aliphatic hydroxyl groups is 1. The minimum Gasteiger partial charge on any atom is -0.396 e. The zero-order valence-corrected chi connectivity index (χ0v) is 12.4. The van der Waals surface area contributed by atoms with E-state index < -0.39 is 0 Å². The van der Waals surface area contributed by atoms with Crippen molar-refractivity contribution >= 4 is 23.4 Å².